The fraction of sp³-hybridized carbons (Fsp3) is 0.222. The van der Waals surface area contributed by atoms with Crippen molar-refractivity contribution >= 4 is 40.0 Å². The number of halogens is 2. The lowest BCUT2D eigenvalue weighted by Crippen LogP contribution is -2.03. The van der Waals surface area contributed by atoms with E-state index < -0.39 is 5.38 Å². The number of Topliss-reactive ketones (excluding diaryl/α,β-unsaturated/α-hetero) is 1. The Kier molecular flexibility index (Phi) is 3.55. The molecule has 0 aliphatic heterocycles. The van der Waals surface area contributed by atoms with Crippen molar-refractivity contribution in [2.75, 3.05) is 0 Å². The van der Waals surface area contributed by atoms with E-state index in [9.17, 15) is 9.90 Å². The van der Waals surface area contributed by atoms with E-state index in [1.54, 1.807) is 12.1 Å². The molecular weight excluding hydrogens is 302 g/mol. The third kappa shape index (κ3) is 2.34. The molecule has 70 valence electrons. The van der Waals surface area contributed by atoms with Crippen molar-refractivity contribution in [3.63, 3.8) is 0 Å². The highest BCUT2D eigenvalue weighted by Crippen LogP contribution is 2.33. The molecule has 0 fully saturated rings. The molecule has 1 unspecified atom stereocenters. The van der Waals surface area contributed by atoms with Crippen LogP contribution in [-0.4, -0.2) is 10.9 Å². The number of rotatable bonds is 2. The Labute approximate surface area is 95.0 Å². The van der Waals surface area contributed by atoms with Crippen LogP contribution < -0.4 is 0 Å². The van der Waals surface area contributed by atoms with Gasteiger partial charge in [0.05, 0.1) is 0 Å². The summed E-state index contributed by atoms with van der Waals surface area (Å²) in [5.74, 6) is -0.0943. The third-order valence-electron chi connectivity index (χ3n) is 1.64. The molecule has 0 amide bonds. The van der Waals surface area contributed by atoms with E-state index in [2.05, 4.69) is 0 Å². The zero-order chi connectivity index (χ0) is 10.0. The number of carbonyl (C=O) groups excluding carboxylic acids is 1. The van der Waals surface area contributed by atoms with Crippen molar-refractivity contribution in [3.05, 3.63) is 27.3 Å². The van der Waals surface area contributed by atoms with Crippen molar-refractivity contribution in [1.82, 2.24) is 0 Å². The van der Waals surface area contributed by atoms with E-state index in [1.165, 1.54) is 13.0 Å². The fourth-order valence-electron chi connectivity index (χ4n) is 0.980. The minimum Gasteiger partial charge on any atom is -0.508 e. The number of benzene rings is 1. The SMILES string of the molecule is CC(=O)C(Cl)c1c(O)cccc1I. The van der Waals surface area contributed by atoms with Crippen LogP contribution in [0.1, 0.15) is 17.9 Å². The van der Waals surface area contributed by atoms with E-state index in [0.717, 1.165) is 3.57 Å². The summed E-state index contributed by atoms with van der Waals surface area (Å²) in [5, 5.41) is 8.71. The highest BCUT2D eigenvalue weighted by Gasteiger charge is 2.19. The summed E-state index contributed by atoms with van der Waals surface area (Å²) in [7, 11) is 0. The summed E-state index contributed by atoms with van der Waals surface area (Å²) in [6.45, 7) is 1.40. The van der Waals surface area contributed by atoms with Crippen LogP contribution in [0.5, 0.6) is 5.75 Å². The predicted molar refractivity (Wildman–Crippen MR) is 60.1 cm³/mol. The van der Waals surface area contributed by atoms with E-state index in [1.807, 2.05) is 22.6 Å². The second kappa shape index (κ2) is 4.28. The van der Waals surface area contributed by atoms with Crippen LogP contribution in [0.3, 0.4) is 0 Å². The molecule has 0 bridgehead atoms. The van der Waals surface area contributed by atoms with Gasteiger partial charge in [-0.15, -0.1) is 11.6 Å². The fourth-order valence-corrected chi connectivity index (χ4v) is 2.19. The van der Waals surface area contributed by atoms with Gasteiger partial charge in [-0.1, -0.05) is 6.07 Å². The Bertz CT molecular complexity index is 318. The molecule has 2 nitrogen and oxygen atoms in total. The highest BCUT2D eigenvalue weighted by molar-refractivity contribution is 14.1. The van der Waals surface area contributed by atoms with Gasteiger partial charge >= 0.3 is 0 Å². The van der Waals surface area contributed by atoms with Crippen LogP contribution >= 0.6 is 34.2 Å². The molecule has 1 aromatic carbocycles. The zero-order valence-electron chi connectivity index (χ0n) is 6.92. The molecule has 1 N–H and O–H groups in total. The number of aromatic hydroxyl groups is 1. The molecule has 0 spiro atoms. The van der Waals surface area contributed by atoms with Gasteiger partial charge in [-0.2, -0.15) is 0 Å². The van der Waals surface area contributed by atoms with Crippen molar-refractivity contribution < 1.29 is 9.90 Å². The summed E-state index contributed by atoms with van der Waals surface area (Å²) in [6.07, 6.45) is 0. The monoisotopic (exact) mass is 310 g/mol. The number of hydrogen-bond donors (Lipinski definition) is 1. The predicted octanol–water partition coefficient (Wildman–Crippen LogP) is 2.87. The molecule has 0 heterocycles. The van der Waals surface area contributed by atoms with Gasteiger partial charge in [0.1, 0.15) is 11.1 Å². The van der Waals surface area contributed by atoms with Gasteiger partial charge in [0.2, 0.25) is 0 Å². The first-order chi connectivity index (χ1) is 6.04. The number of hydrogen-bond acceptors (Lipinski definition) is 2. The third-order valence-corrected chi connectivity index (χ3v) is 3.11. The lowest BCUT2D eigenvalue weighted by atomic mass is 10.1. The maximum Gasteiger partial charge on any atom is 0.152 e. The first kappa shape index (κ1) is 10.8. The standard InChI is InChI=1S/C9H8ClIO2/c1-5(12)9(10)8-6(11)3-2-4-7(8)13/h2-4,9,13H,1H3. The summed E-state index contributed by atoms with van der Waals surface area (Å²) in [4.78, 5) is 11.0. The van der Waals surface area contributed by atoms with Crippen LogP contribution in [-0.2, 0) is 4.79 Å². The maximum atomic E-state index is 11.0. The zero-order valence-corrected chi connectivity index (χ0v) is 9.83. The summed E-state index contributed by atoms with van der Waals surface area (Å²) < 4.78 is 0.799. The van der Waals surface area contributed by atoms with Crippen molar-refractivity contribution in [3.8, 4) is 5.75 Å². The second-order valence-electron chi connectivity index (χ2n) is 2.65. The van der Waals surface area contributed by atoms with Crippen LogP contribution in [0.4, 0.5) is 0 Å². The van der Waals surface area contributed by atoms with Gasteiger partial charge in [-0.25, -0.2) is 0 Å². The molecule has 0 aliphatic carbocycles. The molecule has 1 aromatic rings. The smallest absolute Gasteiger partial charge is 0.152 e. The van der Waals surface area contributed by atoms with E-state index >= 15 is 0 Å². The second-order valence-corrected chi connectivity index (χ2v) is 4.24. The average Bonchev–Trinajstić information content (AvgIpc) is 2.03. The Morgan fingerprint density at radius 2 is 2.23 bits per heavy atom. The molecule has 0 aromatic heterocycles. The minimum atomic E-state index is -0.756. The number of phenols is 1. The van der Waals surface area contributed by atoms with Crippen LogP contribution in [0.25, 0.3) is 0 Å². The van der Waals surface area contributed by atoms with Gasteiger partial charge in [0, 0.05) is 9.13 Å². The summed E-state index contributed by atoms with van der Waals surface area (Å²) in [6, 6.07) is 5.04. The van der Waals surface area contributed by atoms with Gasteiger partial charge in [-0.05, 0) is 41.6 Å². The van der Waals surface area contributed by atoms with Crippen LogP contribution in [0.15, 0.2) is 18.2 Å². The molecule has 4 heteroatoms. The van der Waals surface area contributed by atoms with Gasteiger partial charge < -0.3 is 5.11 Å². The van der Waals surface area contributed by atoms with E-state index in [-0.39, 0.29) is 11.5 Å². The highest BCUT2D eigenvalue weighted by atomic mass is 127. The molecule has 0 aliphatic rings. The topological polar surface area (TPSA) is 37.3 Å². The van der Waals surface area contributed by atoms with E-state index in [0.29, 0.717) is 5.56 Å². The molecule has 13 heavy (non-hydrogen) atoms. The van der Waals surface area contributed by atoms with Gasteiger partial charge in [0.25, 0.3) is 0 Å². The number of carbonyl (C=O) groups is 1. The Hall–Kier alpha value is -0.290. The van der Waals surface area contributed by atoms with Gasteiger partial charge in [-0.3, -0.25) is 4.79 Å². The summed E-state index contributed by atoms with van der Waals surface area (Å²) >= 11 is 7.88. The lowest BCUT2D eigenvalue weighted by molar-refractivity contribution is -0.116. The van der Waals surface area contributed by atoms with Crippen molar-refractivity contribution in [2.24, 2.45) is 0 Å². The number of alkyl halides is 1. The lowest BCUT2D eigenvalue weighted by Gasteiger charge is -2.10. The van der Waals surface area contributed by atoms with Crippen molar-refractivity contribution in [2.45, 2.75) is 12.3 Å². The molecule has 0 saturated carbocycles. The molecule has 1 atom stereocenters. The van der Waals surface area contributed by atoms with Crippen LogP contribution in [0, 0.1) is 3.57 Å². The quantitative estimate of drug-likeness (QED) is 0.674. The molecular formula is C9H8ClIO2. The van der Waals surface area contributed by atoms with E-state index in [4.69, 9.17) is 11.6 Å². The van der Waals surface area contributed by atoms with Crippen LogP contribution in [0.2, 0.25) is 0 Å². The molecule has 0 radical (unpaired) electrons. The molecule has 1 rings (SSSR count). The average molecular weight is 311 g/mol. The molecule has 0 saturated heterocycles. The Morgan fingerprint density at radius 1 is 1.62 bits per heavy atom. The van der Waals surface area contributed by atoms with Crippen molar-refractivity contribution in [1.29, 1.82) is 0 Å². The Morgan fingerprint density at radius 3 is 2.69 bits per heavy atom. The first-order valence-electron chi connectivity index (χ1n) is 3.66. The largest absolute Gasteiger partial charge is 0.508 e. The number of phenolic OH excluding ortho intramolecular Hbond substituents is 1. The van der Waals surface area contributed by atoms with Gasteiger partial charge in [0.15, 0.2) is 5.78 Å². The Balaban J connectivity index is 3.20. The maximum absolute atomic E-state index is 11.0. The summed E-state index contributed by atoms with van der Waals surface area (Å²) in [5.41, 5.74) is 0.497. The first-order valence-corrected chi connectivity index (χ1v) is 5.17. The normalized spacial score (nSPS) is 12.5. The minimum absolute atomic E-state index is 0.0714. The number of ketones is 1.